The molecule has 6 heteroatoms. The van der Waals surface area contributed by atoms with Crippen molar-refractivity contribution in [2.24, 2.45) is 0 Å². The second kappa shape index (κ2) is 5.90. The van der Waals surface area contributed by atoms with Crippen LogP contribution < -0.4 is 0 Å². The number of rotatable bonds is 5. The summed E-state index contributed by atoms with van der Waals surface area (Å²) in [5.74, 6) is 0.137. The van der Waals surface area contributed by atoms with Crippen molar-refractivity contribution in [1.29, 1.82) is 5.26 Å². The van der Waals surface area contributed by atoms with E-state index in [0.29, 0.717) is 5.82 Å². The van der Waals surface area contributed by atoms with Gasteiger partial charge in [0, 0.05) is 24.4 Å². The fourth-order valence-electron chi connectivity index (χ4n) is 2.12. The highest BCUT2D eigenvalue weighted by Crippen LogP contribution is 2.46. The number of aliphatic hydroxyl groups excluding tert-OH is 1. The Morgan fingerprint density at radius 3 is 2.55 bits per heavy atom. The van der Waals surface area contributed by atoms with Crippen LogP contribution in [-0.4, -0.2) is 35.0 Å². The first-order valence-corrected chi connectivity index (χ1v) is 9.79. The molecule has 0 saturated carbocycles. The van der Waals surface area contributed by atoms with E-state index in [4.69, 9.17) is 5.26 Å². The fraction of sp³-hybridized carbons (Fsp3) is 0.643. The standard InChI is InChI=1S/C14H23N3O2Si/c1-14(2,3)20(4,5)12(11(19)9-15)8-10(18)13-16-6-7-17-13/h6-7,11-12,19H,8H2,1-5H3,(H,16,17). The highest BCUT2D eigenvalue weighted by molar-refractivity contribution is 6.81. The smallest absolute Gasteiger partial charge is 0.198 e. The van der Waals surface area contributed by atoms with Crippen molar-refractivity contribution in [2.45, 2.75) is 57.0 Å². The molecule has 2 N–H and O–H groups in total. The van der Waals surface area contributed by atoms with Gasteiger partial charge in [-0.3, -0.25) is 4.79 Å². The van der Waals surface area contributed by atoms with E-state index in [1.165, 1.54) is 6.20 Å². The van der Waals surface area contributed by atoms with E-state index in [0.717, 1.165) is 0 Å². The van der Waals surface area contributed by atoms with Crippen molar-refractivity contribution in [3.63, 3.8) is 0 Å². The van der Waals surface area contributed by atoms with Gasteiger partial charge in [0.15, 0.2) is 11.6 Å². The van der Waals surface area contributed by atoms with E-state index in [9.17, 15) is 9.90 Å². The van der Waals surface area contributed by atoms with Gasteiger partial charge in [0.1, 0.15) is 6.10 Å². The van der Waals surface area contributed by atoms with Gasteiger partial charge in [-0.1, -0.05) is 33.9 Å². The molecule has 2 unspecified atom stereocenters. The zero-order valence-electron chi connectivity index (χ0n) is 12.8. The molecule has 0 aliphatic rings. The normalized spacial score (nSPS) is 15.4. The minimum absolute atomic E-state index is 0.0149. The average molecular weight is 293 g/mol. The molecule has 1 aromatic rings. The number of hydrogen-bond acceptors (Lipinski definition) is 4. The van der Waals surface area contributed by atoms with Crippen LogP contribution in [0.25, 0.3) is 0 Å². The van der Waals surface area contributed by atoms with Crippen LogP contribution in [-0.2, 0) is 0 Å². The summed E-state index contributed by atoms with van der Waals surface area (Å²) in [6.45, 7) is 10.6. The minimum Gasteiger partial charge on any atom is -0.378 e. The topological polar surface area (TPSA) is 89.8 Å². The minimum atomic E-state index is -2.03. The summed E-state index contributed by atoms with van der Waals surface area (Å²) in [6.07, 6.45) is 2.15. The second-order valence-corrected chi connectivity index (χ2v) is 12.4. The summed E-state index contributed by atoms with van der Waals surface area (Å²) >= 11 is 0. The second-order valence-electron chi connectivity index (χ2n) is 6.72. The molecule has 0 amide bonds. The lowest BCUT2D eigenvalue weighted by atomic mass is 10.1. The van der Waals surface area contributed by atoms with E-state index in [-0.39, 0.29) is 22.8 Å². The number of aromatic nitrogens is 2. The zero-order valence-corrected chi connectivity index (χ0v) is 13.8. The SMILES string of the molecule is CC(C)(C)[Si](C)(C)C(CC(=O)c1ncc[nH]1)C(O)C#N. The molecule has 2 atom stereocenters. The third kappa shape index (κ3) is 3.35. The van der Waals surface area contributed by atoms with Crippen LogP contribution in [0.15, 0.2) is 12.4 Å². The number of carbonyl (C=O) groups excluding carboxylic acids is 1. The lowest BCUT2D eigenvalue weighted by Crippen LogP contribution is -2.47. The Morgan fingerprint density at radius 1 is 1.55 bits per heavy atom. The number of ketones is 1. The van der Waals surface area contributed by atoms with Crippen LogP contribution >= 0.6 is 0 Å². The van der Waals surface area contributed by atoms with E-state index in [1.807, 2.05) is 6.07 Å². The first-order valence-electron chi connectivity index (χ1n) is 6.71. The molecular formula is C14H23N3O2Si. The van der Waals surface area contributed by atoms with Gasteiger partial charge in [-0.15, -0.1) is 0 Å². The summed E-state index contributed by atoms with van der Waals surface area (Å²) in [5, 5.41) is 19.1. The number of hydrogen-bond donors (Lipinski definition) is 2. The fourth-order valence-corrected chi connectivity index (χ4v) is 4.79. The lowest BCUT2D eigenvalue weighted by Gasteiger charge is -2.43. The van der Waals surface area contributed by atoms with Crippen molar-refractivity contribution < 1.29 is 9.90 Å². The molecule has 0 aliphatic heterocycles. The Hall–Kier alpha value is -1.45. The predicted octanol–water partition coefficient (Wildman–Crippen LogP) is 2.75. The number of nitrogens with zero attached hydrogens (tertiary/aromatic N) is 2. The maximum absolute atomic E-state index is 12.2. The summed E-state index contributed by atoms with van der Waals surface area (Å²) in [4.78, 5) is 18.9. The Kier molecular flexibility index (Phi) is 4.89. The van der Waals surface area contributed by atoms with E-state index < -0.39 is 14.2 Å². The molecule has 0 saturated heterocycles. The van der Waals surface area contributed by atoms with Gasteiger partial charge in [-0.05, 0) is 5.04 Å². The Morgan fingerprint density at radius 2 is 2.15 bits per heavy atom. The van der Waals surface area contributed by atoms with Crippen molar-refractivity contribution in [3.8, 4) is 6.07 Å². The van der Waals surface area contributed by atoms with Crippen LogP contribution in [0.3, 0.4) is 0 Å². The first-order chi connectivity index (χ1) is 9.11. The van der Waals surface area contributed by atoms with Crippen LogP contribution in [0.5, 0.6) is 0 Å². The summed E-state index contributed by atoms with van der Waals surface area (Å²) in [6, 6.07) is 1.90. The van der Waals surface area contributed by atoms with Crippen molar-refractivity contribution in [3.05, 3.63) is 18.2 Å². The molecule has 0 spiro atoms. The number of nitrogens with one attached hydrogen (secondary N) is 1. The van der Waals surface area contributed by atoms with E-state index in [1.54, 1.807) is 6.20 Å². The predicted molar refractivity (Wildman–Crippen MR) is 80.1 cm³/mol. The van der Waals surface area contributed by atoms with Crippen LogP contribution in [0.2, 0.25) is 23.7 Å². The molecule has 1 aromatic heterocycles. The van der Waals surface area contributed by atoms with Crippen molar-refractivity contribution >= 4 is 13.9 Å². The van der Waals surface area contributed by atoms with E-state index >= 15 is 0 Å². The van der Waals surface area contributed by atoms with Gasteiger partial charge in [0.2, 0.25) is 0 Å². The third-order valence-electron chi connectivity index (χ3n) is 4.54. The van der Waals surface area contributed by atoms with Gasteiger partial charge < -0.3 is 10.1 Å². The summed E-state index contributed by atoms with van der Waals surface area (Å²) in [5.41, 5.74) is -0.315. The number of carbonyl (C=O) groups is 1. The Bertz CT molecular complexity index is 497. The summed E-state index contributed by atoms with van der Waals surface area (Å²) in [7, 11) is -2.03. The molecule has 0 aliphatic carbocycles. The van der Waals surface area contributed by atoms with Gasteiger partial charge >= 0.3 is 0 Å². The Labute approximate surface area is 121 Å². The van der Waals surface area contributed by atoms with Gasteiger partial charge in [-0.25, -0.2) is 4.98 Å². The molecule has 20 heavy (non-hydrogen) atoms. The first kappa shape index (κ1) is 16.6. The maximum atomic E-state index is 12.2. The van der Waals surface area contributed by atoms with Crippen LogP contribution in [0.1, 0.15) is 37.8 Å². The molecule has 0 aromatic carbocycles. The van der Waals surface area contributed by atoms with Crippen molar-refractivity contribution in [2.75, 3.05) is 0 Å². The molecule has 0 bridgehead atoms. The van der Waals surface area contributed by atoms with Gasteiger partial charge in [0.25, 0.3) is 0 Å². The molecule has 0 radical (unpaired) electrons. The monoisotopic (exact) mass is 293 g/mol. The number of nitriles is 1. The maximum Gasteiger partial charge on any atom is 0.198 e. The van der Waals surface area contributed by atoms with Gasteiger partial charge in [-0.2, -0.15) is 5.26 Å². The molecule has 1 heterocycles. The molecule has 110 valence electrons. The number of imidazole rings is 1. The van der Waals surface area contributed by atoms with Crippen LogP contribution in [0.4, 0.5) is 0 Å². The highest BCUT2D eigenvalue weighted by Gasteiger charge is 2.46. The zero-order chi connectivity index (χ0) is 15.6. The quantitative estimate of drug-likeness (QED) is 0.496. The molecular weight excluding hydrogens is 270 g/mol. The van der Waals surface area contributed by atoms with E-state index in [2.05, 4.69) is 43.8 Å². The average Bonchev–Trinajstić information content (AvgIpc) is 2.86. The Balaban J connectivity index is 3.03. The summed E-state index contributed by atoms with van der Waals surface area (Å²) < 4.78 is 0. The number of aliphatic hydroxyl groups is 1. The third-order valence-corrected chi connectivity index (χ3v) is 10.8. The molecule has 5 nitrogen and oxygen atoms in total. The highest BCUT2D eigenvalue weighted by atomic mass is 28.3. The molecule has 1 rings (SSSR count). The van der Waals surface area contributed by atoms with Gasteiger partial charge in [0.05, 0.1) is 14.1 Å². The number of H-pyrrole nitrogens is 1. The number of aromatic amines is 1. The largest absolute Gasteiger partial charge is 0.378 e. The van der Waals surface area contributed by atoms with Crippen molar-refractivity contribution in [1.82, 2.24) is 9.97 Å². The lowest BCUT2D eigenvalue weighted by molar-refractivity contribution is 0.0948. The van der Waals surface area contributed by atoms with Crippen LogP contribution in [0, 0.1) is 11.3 Å². The number of Topliss-reactive ketones (excluding diaryl/α,β-unsaturated/α-hetero) is 1. The molecule has 0 fully saturated rings.